The number of aliphatic hydroxyl groups is 4. The maximum atomic E-state index is 13.5. The van der Waals surface area contributed by atoms with Crippen LogP contribution in [-0.2, 0) is 32.0 Å². The summed E-state index contributed by atoms with van der Waals surface area (Å²) in [4.78, 5) is 56.0. The van der Waals surface area contributed by atoms with Gasteiger partial charge in [-0.2, -0.15) is 4.31 Å². The highest BCUT2D eigenvalue weighted by atomic mass is 31.3. The molecule has 5 rings (SSSR count). The number of phosphoric acid groups is 2. The number of H-pyrrole nitrogens is 1. The normalized spacial score (nSPS) is 31.0. The van der Waals surface area contributed by atoms with Crippen LogP contribution in [-0.4, -0.2) is 109 Å². The molecular weight excluding hydrogens is 628 g/mol. The molecule has 0 saturated carbocycles. The summed E-state index contributed by atoms with van der Waals surface area (Å²) in [6.45, 7) is -1.87. The van der Waals surface area contributed by atoms with E-state index in [0.29, 0.717) is 0 Å². The van der Waals surface area contributed by atoms with E-state index in [2.05, 4.69) is 19.3 Å². The molecule has 0 spiro atoms. The molecule has 2 aliphatic heterocycles. The Balaban J connectivity index is 1.36. The standard InChI is InChI=1S/C19H25N7O15P2/c20-15-10-16(22-5-21-15)26(6-23-10)18-13(31)14(7(3-27)38-18)40-43(36,41-42(33,34)35)37-4-8-11(29)12(30)17(39-8)25-2-1-9(28)24-19(25)32/h1-2,5-8,11-14,17-18,27,29-31H,3-4H2,(H2,20,21,22)(H,24,28,32)(H2,33,34,35)/t7-,8-,11-,12-,13-,14-,17-,18-,43?/m1/s1. The molecule has 236 valence electrons. The summed E-state index contributed by atoms with van der Waals surface area (Å²) in [7, 11) is -11.0. The van der Waals surface area contributed by atoms with Gasteiger partial charge in [-0.25, -0.2) is 28.9 Å². The zero-order valence-electron chi connectivity index (χ0n) is 21.4. The molecule has 2 saturated heterocycles. The lowest BCUT2D eigenvalue weighted by atomic mass is 10.1. The molecule has 0 aromatic carbocycles. The average molecular weight is 653 g/mol. The highest BCUT2D eigenvalue weighted by Gasteiger charge is 2.52. The van der Waals surface area contributed by atoms with Crippen LogP contribution in [0.15, 0.2) is 34.5 Å². The number of nitrogens with zero attached hydrogens (tertiary/aromatic N) is 5. The molecule has 9 N–H and O–H groups in total. The van der Waals surface area contributed by atoms with Crippen LogP contribution < -0.4 is 17.0 Å². The minimum absolute atomic E-state index is 0.00444. The molecule has 2 aliphatic rings. The Kier molecular flexibility index (Phi) is 8.68. The van der Waals surface area contributed by atoms with Gasteiger partial charge in [0.25, 0.3) is 5.56 Å². The zero-order chi connectivity index (χ0) is 31.3. The fraction of sp³-hybridized carbons (Fsp3) is 0.526. The molecule has 0 aliphatic carbocycles. The number of anilines is 1. The summed E-state index contributed by atoms with van der Waals surface area (Å²) in [5.41, 5.74) is 4.27. The third-order valence-electron chi connectivity index (χ3n) is 6.47. The summed E-state index contributed by atoms with van der Waals surface area (Å²) in [6, 6.07) is 0.942. The smallest absolute Gasteiger partial charge is 0.394 e. The van der Waals surface area contributed by atoms with E-state index in [1.165, 1.54) is 10.9 Å². The minimum Gasteiger partial charge on any atom is -0.394 e. The maximum absolute atomic E-state index is 13.5. The van der Waals surface area contributed by atoms with Crippen LogP contribution in [0, 0.1) is 0 Å². The number of nitrogens with one attached hydrogen (secondary N) is 1. The molecule has 24 heteroatoms. The van der Waals surface area contributed by atoms with Gasteiger partial charge in [0.15, 0.2) is 23.9 Å². The number of rotatable bonds is 10. The van der Waals surface area contributed by atoms with E-state index >= 15 is 0 Å². The number of aromatic nitrogens is 6. The van der Waals surface area contributed by atoms with Gasteiger partial charge < -0.3 is 45.4 Å². The number of ether oxygens (including phenoxy) is 2. The molecule has 43 heavy (non-hydrogen) atoms. The first-order valence-corrected chi connectivity index (χ1v) is 15.1. The molecule has 5 heterocycles. The second kappa shape index (κ2) is 11.9. The Morgan fingerprint density at radius 3 is 2.37 bits per heavy atom. The molecule has 3 aromatic heterocycles. The minimum atomic E-state index is -5.63. The molecule has 3 aromatic rings. The Bertz CT molecular complexity index is 1690. The second-order valence-electron chi connectivity index (χ2n) is 9.27. The van der Waals surface area contributed by atoms with Crippen molar-refractivity contribution in [2.45, 2.75) is 49.1 Å². The van der Waals surface area contributed by atoms with Gasteiger partial charge in [0.05, 0.1) is 19.5 Å². The van der Waals surface area contributed by atoms with Crippen molar-refractivity contribution in [1.29, 1.82) is 0 Å². The summed E-state index contributed by atoms with van der Waals surface area (Å²) in [5, 5.41) is 41.7. The van der Waals surface area contributed by atoms with Crippen molar-refractivity contribution in [3.8, 4) is 0 Å². The molecule has 22 nitrogen and oxygen atoms in total. The zero-order valence-corrected chi connectivity index (χ0v) is 23.2. The van der Waals surface area contributed by atoms with Gasteiger partial charge in [-0.3, -0.25) is 28.0 Å². The number of nitrogens with two attached hydrogens (primary N) is 1. The SMILES string of the molecule is Nc1ncnc2c1ncn2[C@@H]1O[C@H](CO)[C@@H](OP(=O)(OC[C@H]2O[C@@H](n3ccc(=O)[nH]c3=O)[C@H](O)[C@@H]2O)OP(=O)(O)O)[C@H]1O. The number of hydrogen-bond donors (Lipinski definition) is 8. The Morgan fingerprint density at radius 1 is 1.00 bits per heavy atom. The Labute approximate surface area is 238 Å². The third-order valence-corrected chi connectivity index (χ3v) is 9.09. The van der Waals surface area contributed by atoms with Crippen LogP contribution in [0.25, 0.3) is 11.2 Å². The summed E-state index contributed by atoms with van der Waals surface area (Å²) >= 11 is 0. The van der Waals surface area contributed by atoms with Crippen molar-refractivity contribution in [3.63, 3.8) is 0 Å². The Morgan fingerprint density at radius 2 is 1.70 bits per heavy atom. The quantitative estimate of drug-likeness (QED) is 0.0981. The van der Waals surface area contributed by atoms with Crippen molar-refractivity contribution < 1.29 is 62.2 Å². The van der Waals surface area contributed by atoms with E-state index in [4.69, 9.17) is 24.3 Å². The molecule has 2 fully saturated rings. The molecule has 0 radical (unpaired) electrons. The topological polar surface area (TPSA) is 326 Å². The number of imidazole rings is 1. The third kappa shape index (κ3) is 6.33. The van der Waals surface area contributed by atoms with Gasteiger partial charge in [0.1, 0.15) is 48.5 Å². The van der Waals surface area contributed by atoms with Gasteiger partial charge in [-0.05, 0) is 0 Å². The highest BCUT2D eigenvalue weighted by molar-refractivity contribution is 7.61. The van der Waals surface area contributed by atoms with Crippen molar-refractivity contribution in [2.75, 3.05) is 18.9 Å². The van der Waals surface area contributed by atoms with Crippen LogP contribution in [0.3, 0.4) is 0 Å². The fourth-order valence-corrected chi connectivity index (χ4v) is 6.86. The molecule has 0 bridgehead atoms. The monoisotopic (exact) mass is 653 g/mol. The molecule has 9 atom stereocenters. The van der Waals surface area contributed by atoms with Crippen LogP contribution >= 0.6 is 15.6 Å². The number of hydrogen-bond acceptors (Lipinski definition) is 17. The lowest BCUT2D eigenvalue weighted by molar-refractivity contribution is -0.0608. The maximum Gasteiger partial charge on any atom is 0.484 e. The van der Waals surface area contributed by atoms with Gasteiger partial charge in [0.2, 0.25) is 0 Å². The first-order chi connectivity index (χ1) is 20.2. The lowest BCUT2D eigenvalue weighted by Gasteiger charge is -2.26. The van der Waals surface area contributed by atoms with Crippen molar-refractivity contribution in [3.05, 3.63) is 45.8 Å². The summed E-state index contributed by atoms with van der Waals surface area (Å²) in [5.74, 6) is 0.00444. The first-order valence-electron chi connectivity index (χ1n) is 12.1. The van der Waals surface area contributed by atoms with Crippen LogP contribution in [0.5, 0.6) is 0 Å². The van der Waals surface area contributed by atoms with E-state index in [-0.39, 0.29) is 17.0 Å². The van der Waals surface area contributed by atoms with Crippen molar-refractivity contribution >= 4 is 32.6 Å². The van der Waals surface area contributed by atoms with E-state index in [9.17, 15) is 48.9 Å². The van der Waals surface area contributed by atoms with Crippen LogP contribution in [0.1, 0.15) is 12.5 Å². The molecule has 1 unspecified atom stereocenters. The summed E-state index contributed by atoms with van der Waals surface area (Å²) in [6.07, 6.45) is -9.99. The van der Waals surface area contributed by atoms with E-state index in [0.717, 1.165) is 23.2 Å². The summed E-state index contributed by atoms with van der Waals surface area (Å²) < 4.78 is 52.6. The van der Waals surface area contributed by atoms with E-state index in [1.807, 2.05) is 4.98 Å². The predicted octanol–water partition coefficient (Wildman–Crippen LogP) is -3.55. The first kappa shape index (κ1) is 31.5. The number of phosphoric ester groups is 1. The van der Waals surface area contributed by atoms with E-state index in [1.54, 1.807) is 0 Å². The molecule has 0 amide bonds. The van der Waals surface area contributed by atoms with Gasteiger partial charge in [-0.15, -0.1) is 0 Å². The van der Waals surface area contributed by atoms with Crippen molar-refractivity contribution in [1.82, 2.24) is 29.1 Å². The van der Waals surface area contributed by atoms with Crippen molar-refractivity contribution in [2.24, 2.45) is 0 Å². The predicted molar refractivity (Wildman–Crippen MR) is 136 cm³/mol. The van der Waals surface area contributed by atoms with Gasteiger partial charge >= 0.3 is 21.3 Å². The second-order valence-corrected chi connectivity index (χ2v) is 12.3. The Hall–Kier alpha value is -2.95. The lowest BCUT2D eigenvalue weighted by Crippen LogP contribution is -2.38. The number of nitrogen functional groups attached to an aromatic ring is 1. The fourth-order valence-electron chi connectivity index (χ4n) is 4.52. The van der Waals surface area contributed by atoms with Gasteiger partial charge in [-0.1, -0.05) is 0 Å². The van der Waals surface area contributed by atoms with Crippen LogP contribution in [0.4, 0.5) is 5.82 Å². The average Bonchev–Trinajstić information content (AvgIpc) is 3.57. The largest absolute Gasteiger partial charge is 0.484 e. The van der Waals surface area contributed by atoms with Crippen LogP contribution in [0.2, 0.25) is 0 Å². The number of aromatic amines is 1. The number of aliphatic hydroxyl groups excluding tert-OH is 4. The van der Waals surface area contributed by atoms with Gasteiger partial charge in [0, 0.05) is 12.3 Å². The number of fused-ring (bicyclic) bond motifs is 1. The molecular formula is C19H25N7O15P2. The van der Waals surface area contributed by atoms with E-state index < -0.39 is 89.2 Å². The highest BCUT2D eigenvalue weighted by Crippen LogP contribution is 2.63.